The van der Waals surface area contributed by atoms with Gasteiger partial charge in [-0.2, -0.15) is 0 Å². The predicted molar refractivity (Wildman–Crippen MR) is 71.8 cm³/mol. The molecular weight excluding hydrogens is 264 g/mol. The van der Waals surface area contributed by atoms with Crippen molar-refractivity contribution in [3.05, 3.63) is 46.4 Å². The fourth-order valence-corrected chi connectivity index (χ4v) is 2.87. The number of rotatable bonds is 2. The van der Waals surface area contributed by atoms with Crippen molar-refractivity contribution in [3.8, 4) is 0 Å². The van der Waals surface area contributed by atoms with Gasteiger partial charge in [0.05, 0.1) is 6.61 Å². The maximum Gasteiger partial charge on any atom is 0.0523 e. The van der Waals surface area contributed by atoms with Crippen LogP contribution in [-0.2, 0) is 5.41 Å². The van der Waals surface area contributed by atoms with E-state index in [4.69, 9.17) is 0 Å². The molecule has 84 valence electrons. The molecule has 0 radical (unpaired) electrons. The van der Waals surface area contributed by atoms with Crippen LogP contribution in [0.3, 0.4) is 0 Å². The van der Waals surface area contributed by atoms with Gasteiger partial charge >= 0.3 is 0 Å². The first-order chi connectivity index (χ1) is 7.56. The number of halogens is 1. The van der Waals surface area contributed by atoms with Crippen molar-refractivity contribution in [1.82, 2.24) is 0 Å². The highest BCUT2D eigenvalue weighted by Gasteiger charge is 2.22. The third kappa shape index (κ3) is 1.87. The van der Waals surface area contributed by atoms with Crippen molar-refractivity contribution in [2.24, 2.45) is 0 Å². The summed E-state index contributed by atoms with van der Waals surface area (Å²) in [5, 5.41) is 11.8. The average Bonchev–Trinajstić information content (AvgIpc) is 2.29. The molecule has 0 spiro atoms. The topological polar surface area (TPSA) is 20.2 Å². The Morgan fingerprint density at radius 3 is 2.50 bits per heavy atom. The van der Waals surface area contributed by atoms with E-state index >= 15 is 0 Å². The molecule has 0 aliphatic rings. The minimum absolute atomic E-state index is 0.143. The second-order valence-corrected chi connectivity index (χ2v) is 5.48. The third-order valence-corrected chi connectivity index (χ3v) is 3.84. The van der Waals surface area contributed by atoms with Crippen LogP contribution in [0.5, 0.6) is 0 Å². The molecule has 0 aromatic heterocycles. The van der Waals surface area contributed by atoms with Crippen LogP contribution >= 0.6 is 15.9 Å². The predicted octanol–water partition coefficient (Wildman–Crippen LogP) is 3.87. The Balaban J connectivity index is 2.70. The van der Waals surface area contributed by atoms with E-state index in [-0.39, 0.29) is 12.0 Å². The fourth-order valence-electron chi connectivity index (χ4n) is 1.84. The van der Waals surface area contributed by atoms with Gasteiger partial charge in [0.15, 0.2) is 0 Å². The van der Waals surface area contributed by atoms with E-state index in [1.54, 1.807) is 0 Å². The van der Waals surface area contributed by atoms with Gasteiger partial charge in [0.2, 0.25) is 0 Å². The van der Waals surface area contributed by atoms with Crippen LogP contribution in [0.25, 0.3) is 10.8 Å². The number of aliphatic hydroxyl groups is 1. The first kappa shape index (κ1) is 11.6. The van der Waals surface area contributed by atoms with Crippen molar-refractivity contribution in [2.75, 3.05) is 6.61 Å². The van der Waals surface area contributed by atoms with Gasteiger partial charge < -0.3 is 5.11 Å². The van der Waals surface area contributed by atoms with E-state index < -0.39 is 0 Å². The first-order valence-electron chi connectivity index (χ1n) is 5.35. The van der Waals surface area contributed by atoms with E-state index in [2.05, 4.69) is 40.2 Å². The summed E-state index contributed by atoms with van der Waals surface area (Å²) < 4.78 is 1.09. The van der Waals surface area contributed by atoms with E-state index in [0.717, 1.165) is 10.0 Å². The quantitative estimate of drug-likeness (QED) is 0.884. The van der Waals surface area contributed by atoms with Crippen LogP contribution in [0.15, 0.2) is 40.9 Å². The molecule has 0 amide bonds. The largest absolute Gasteiger partial charge is 0.395 e. The molecule has 0 aliphatic carbocycles. The summed E-state index contributed by atoms with van der Waals surface area (Å²) in [4.78, 5) is 0. The van der Waals surface area contributed by atoms with E-state index in [9.17, 15) is 5.11 Å². The minimum atomic E-state index is -0.219. The summed E-state index contributed by atoms with van der Waals surface area (Å²) in [5.41, 5.74) is 0.928. The Hall–Kier alpha value is -0.860. The SMILES string of the molecule is CC(C)(CO)c1ccc2ccccc2c1Br. The summed E-state index contributed by atoms with van der Waals surface area (Å²) in [6, 6.07) is 12.4. The van der Waals surface area contributed by atoms with Gasteiger partial charge in [0.1, 0.15) is 0 Å². The highest BCUT2D eigenvalue weighted by molar-refractivity contribution is 9.10. The number of hydrogen-bond acceptors (Lipinski definition) is 1. The first-order valence-corrected chi connectivity index (χ1v) is 6.14. The zero-order valence-electron chi connectivity index (χ0n) is 9.50. The molecule has 16 heavy (non-hydrogen) atoms. The fraction of sp³-hybridized carbons (Fsp3) is 0.286. The lowest BCUT2D eigenvalue weighted by Gasteiger charge is -2.24. The lowest BCUT2D eigenvalue weighted by Crippen LogP contribution is -2.22. The molecule has 1 nitrogen and oxygen atoms in total. The highest BCUT2D eigenvalue weighted by Crippen LogP contribution is 2.35. The van der Waals surface area contributed by atoms with Crippen LogP contribution in [0.1, 0.15) is 19.4 Å². The number of fused-ring (bicyclic) bond motifs is 1. The summed E-state index contributed by atoms with van der Waals surface area (Å²) in [5.74, 6) is 0. The average molecular weight is 279 g/mol. The second-order valence-electron chi connectivity index (χ2n) is 4.69. The Labute approximate surface area is 104 Å². The Bertz CT molecular complexity index is 517. The van der Waals surface area contributed by atoms with Crippen LogP contribution in [0.4, 0.5) is 0 Å². The summed E-state index contributed by atoms with van der Waals surface area (Å²) >= 11 is 3.65. The lowest BCUT2D eigenvalue weighted by atomic mass is 9.84. The third-order valence-electron chi connectivity index (χ3n) is 2.99. The van der Waals surface area contributed by atoms with Crippen molar-refractivity contribution in [2.45, 2.75) is 19.3 Å². The van der Waals surface area contributed by atoms with Gasteiger partial charge in [-0.1, -0.05) is 50.2 Å². The Morgan fingerprint density at radius 1 is 1.12 bits per heavy atom. The maximum absolute atomic E-state index is 9.42. The monoisotopic (exact) mass is 278 g/mol. The molecule has 0 aliphatic heterocycles. The minimum Gasteiger partial charge on any atom is -0.395 e. The zero-order valence-corrected chi connectivity index (χ0v) is 11.1. The van der Waals surface area contributed by atoms with Gasteiger partial charge in [0.25, 0.3) is 0 Å². The maximum atomic E-state index is 9.42. The zero-order chi connectivity index (χ0) is 11.8. The molecule has 0 saturated carbocycles. The van der Waals surface area contributed by atoms with Gasteiger partial charge in [-0.15, -0.1) is 0 Å². The molecule has 0 unspecified atom stereocenters. The summed E-state index contributed by atoms with van der Waals surface area (Å²) in [6.07, 6.45) is 0. The van der Waals surface area contributed by atoms with Crippen LogP contribution in [0, 0.1) is 0 Å². The van der Waals surface area contributed by atoms with Gasteiger partial charge in [-0.25, -0.2) is 0 Å². The van der Waals surface area contributed by atoms with Crippen molar-refractivity contribution in [1.29, 1.82) is 0 Å². The standard InChI is InChI=1S/C14H15BrO/c1-14(2,9-16)12-8-7-10-5-3-4-6-11(10)13(12)15/h3-8,16H,9H2,1-2H3. The lowest BCUT2D eigenvalue weighted by molar-refractivity contribution is 0.218. The molecular formula is C14H15BrO. The molecule has 1 N–H and O–H groups in total. The van der Waals surface area contributed by atoms with Crippen molar-refractivity contribution >= 4 is 26.7 Å². The number of hydrogen-bond donors (Lipinski definition) is 1. The van der Waals surface area contributed by atoms with Crippen molar-refractivity contribution < 1.29 is 5.11 Å². The molecule has 2 heteroatoms. The molecule has 2 aromatic carbocycles. The van der Waals surface area contributed by atoms with E-state index in [1.807, 2.05) is 26.0 Å². The van der Waals surface area contributed by atoms with Crippen LogP contribution in [0.2, 0.25) is 0 Å². The highest BCUT2D eigenvalue weighted by atomic mass is 79.9. The second kappa shape index (κ2) is 4.19. The van der Waals surface area contributed by atoms with Crippen LogP contribution < -0.4 is 0 Å². The molecule has 0 heterocycles. The molecule has 2 aromatic rings. The van der Waals surface area contributed by atoms with Crippen molar-refractivity contribution in [3.63, 3.8) is 0 Å². The smallest absolute Gasteiger partial charge is 0.0523 e. The molecule has 0 saturated heterocycles. The molecule has 2 rings (SSSR count). The normalized spacial score (nSPS) is 12.0. The number of benzene rings is 2. The van der Waals surface area contributed by atoms with Crippen LogP contribution in [-0.4, -0.2) is 11.7 Å². The summed E-state index contributed by atoms with van der Waals surface area (Å²) in [7, 11) is 0. The molecule has 0 atom stereocenters. The molecule has 0 fully saturated rings. The Morgan fingerprint density at radius 2 is 1.81 bits per heavy atom. The van der Waals surface area contributed by atoms with Gasteiger partial charge in [-0.05, 0) is 32.3 Å². The number of aliphatic hydroxyl groups excluding tert-OH is 1. The molecule has 0 bridgehead atoms. The van der Waals surface area contributed by atoms with E-state index in [1.165, 1.54) is 10.8 Å². The Kier molecular flexibility index (Phi) is 3.04. The van der Waals surface area contributed by atoms with Gasteiger partial charge in [-0.3, -0.25) is 0 Å². The summed E-state index contributed by atoms with van der Waals surface area (Å²) in [6.45, 7) is 4.23. The van der Waals surface area contributed by atoms with Gasteiger partial charge in [0, 0.05) is 9.89 Å². The van der Waals surface area contributed by atoms with E-state index in [0.29, 0.717) is 0 Å².